The highest BCUT2D eigenvalue weighted by Crippen LogP contribution is 2.36. The van der Waals surface area contributed by atoms with E-state index in [1.54, 1.807) is 19.9 Å². The number of nitrogens with zero attached hydrogens (tertiary/aromatic N) is 1. The Hall–Kier alpha value is -1.89. The van der Waals surface area contributed by atoms with Crippen molar-refractivity contribution in [2.75, 3.05) is 7.11 Å². The van der Waals surface area contributed by atoms with E-state index in [1.807, 2.05) is 6.07 Å². The summed E-state index contributed by atoms with van der Waals surface area (Å²) < 4.78 is 18.2. The van der Waals surface area contributed by atoms with E-state index >= 15 is 0 Å². The summed E-state index contributed by atoms with van der Waals surface area (Å²) in [6.45, 7) is 3.51. The lowest BCUT2D eigenvalue weighted by Gasteiger charge is -2.28. The molecule has 3 nitrogen and oxygen atoms in total. The van der Waals surface area contributed by atoms with Crippen LogP contribution in [0.5, 0.6) is 5.75 Å². The van der Waals surface area contributed by atoms with Gasteiger partial charge in [-0.25, -0.2) is 4.39 Å². The monoisotopic (exact) mass is 235 g/mol. The molecule has 0 saturated heterocycles. The second kappa shape index (κ2) is 4.96. The van der Waals surface area contributed by atoms with E-state index in [1.165, 1.54) is 19.2 Å². The van der Waals surface area contributed by atoms with E-state index in [2.05, 4.69) is 0 Å². The van der Waals surface area contributed by atoms with Crippen molar-refractivity contribution in [3.63, 3.8) is 0 Å². The number of benzene rings is 1. The Labute approximate surface area is 99.8 Å². The van der Waals surface area contributed by atoms with Crippen LogP contribution in [0.4, 0.5) is 4.39 Å². The van der Waals surface area contributed by atoms with Gasteiger partial charge in [-0.1, -0.05) is 19.9 Å². The van der Waals surface area contributed by atoms with E-state index in [9.17, 15) is 9.18 Å². The molecule has 4 heteroatoms. The average Bonchev–Trinajstić information content (AvgIpc) is 2.29. The molecule has 0 aliphatic rings. The molecule has 0 bridgehead atoms. The van der Waals surface area contributed by atoms with Crippen LogP contribution in [-0.4, -0.2) is 13.4 Å². The largest absolute Gasteiger partial charge is 0.496 e. The molecule has 0 heterocycles. The van der Waals surface area contributed by atoms with E-state index in [-0.39, 0.29) is 0 Å². The van der Waals surface area contributed by atoms with Gasteiger partial charge in [0.05, 0.1) is 13.2 Å². The van der Waals surface area contributed by atoms with Crippen LogP contribution in [0.2, 0.25) is 0 Å². The second-order valence-corrected chi connectivity index (χ2v) is 4.31. The van der Waals surface area contributed by atoms with E-state index < -0.39 is 17.2 Å². The Bertz CT molecular complexity index is 463. The third-order valence-corrected chi connectivity index (χ3v) is 2.91. The van der Waals surface area contributed by atoms with Gasteiger partial charge < -0.3 is 9.53 Å². The lowest BCUT2D eigenvalue weighted by atomic mass is 9.74. The summed E-state index contributed by atoms with van der Waals surface area (Å²) in [6, 6.07) is 6.02. The first-order valence-corrected chi connectivity index (χ1v) is 5.16. The molecule has 1 aromatic carbocycles. The molecule has 1 unspecified atom stereocenters. The first kappa shape index (κ1) is 13.2. The van der Waals surface area contributed by atoms with Crippen LogP contribution < -0.4 is 4.74 Å². The van der Waals surface area contributed by atoms with Gasteiger partial charge in [-0.15, -0.1) is 0 Å². The fraction of sp³-hybridized carbons (Fsp3) is 0.385. The highest BCUT2D eigenvalue weighted by Gasteiger charge is 2.33. The van der Waals surface area contributed by atoms with E-state index in [0.717, 1.165) is 0 Å². The minimum atomic E-state index is -0.804. The Morgan fingerprint density at radius 2 is 2.18 bits per heavy atom. The minimum absolute atomic E-state index is 0.345. The van der Waals surface area contributed by atoms with Crippen LogP contribution in [0, 0.1) is 23.1 Å². The molecule has 0 aromatic heterocycles. The standard InChI is InChI=1S/C13H14FNO2/c1-13(2,9(7-15)8-16)11-5-4-10(14)6-12(11)17-3/h4-6,8-9H,1-3H3. The predicted molar refractivity (Wildman–Crippen MR) is 61.1 cm³/mol. The first-order valence-electron chi connectivity index (χ1n) is 5.16. The first-order chi connectivity index (χ1) is 7.97. The summed E-state index contributed by atoms with van der Waals surface area (Å²) in [5.41, 5.74) is -0.0877. The fourth-order valence-corrected chi connectivity index (χ4v) is 1.73. The number of hydrogen-bond acceptors (Lipinski definition) is 3. The summed E-state index contributed by atoms with van der Waals surface area (Å²) in [5, 5.41) is 8.95. The summed E-state index contributed by atoms with van der Waals surface area (Å²) in [7, 11) is 1.43. The summed E-state index contributed by atoms with van der Waals surface area (Å²) in [5.74, 6) is -0.875. The van der Waals surface area contributed by atoms with Crippen molar-refractivity contribution in [1.29, 1.82) is 5.26 Å². The van der Waals surface area contributed by atoms with Crippen LogP contribution in [0.15, 0.2) is 18.2 Å². The maximum absolute atomic E-state index is 13.1. The number of ether oxygens (including phenoxy) is 1. The quantitative estimate of drug-likeness (QED) is 0.753. The van der Waals surface area contributed by atoms with Gasteiger partial charge in [0.1, 0.15) is 23.8 Å². The zero-order valence-electron chi connectivity index (χ0n) is 10.0. The molecule has 0 amide bonds. The third-order valence-electron chi connectivity index (χ3n) is 2.91. The van der Waals surface area contributed by atoms with Crippen LogP contribution >= 0.6 is 0 Å². The van der Waals surface area contributed by atoms with E-state index in [0.29, 0.717) is 17.6 Å². The van der Waals surface area contributed by atoms with E-state index in [4.69, 9.17) is 10.00 Å². The lowest BCUT2D eigenvalue weighted by Crippen LogP contribution is -2.29. The second-order valence-electron chi connectivity index (χ2n) is 4.31. The van der Waals surface area contributed by atoms with Crippen molar-refractivity contribution in [2.45, 2.75) is 19.3 Å². The topological polar surface area (TPSA) is 50.1 Å². The molecule has 1 atom stereocenters. The molecule has 1 aromatic rings. The smallest absolute Gasteiger partial charge is 0.138 e. The summed E-state index contributed by atoms with van der Waals surface area (Å²) in [6.07, 6.45) is 0.600. The lowest BCUT2D eigenvalue weighted by molar-refractivity contribution is -0.111. The fourth-order valence-electron chi connectivity index (χ4n) is 1.73. The molecule has 0 spiro atoms. The zero-order valence-corrected chi connectivity index (χ0v) is 10.0. The Morgan fingerprint density at radius 3 is 2.65 bits per heavy atom. The highest BCUT2D eigenvalue weighted by atomic mass is 19.1. The number of methoxy groups -OCH3 is 1. The minimum Gasteiger partial charge on any atom is -0.496 e. The maximum Gasteiger partial charge on any atom is 0.138 e. The maximum atomic E-state index is 13.1. The van der Waals surface area contributed by atoms with Gasteiger partial charge >= 0.3 is 0 Å². The summed E-state index contributed by atoms with van der Waals surface area (Å²) in [4.78, 5) is 10.9. The molecular weight excluding hydrogens is 221 g/mol. The molecule has 0 fully saturated rings. The van der Waals surface area contributed by atoms with Crippen molar-refractivity contribution in [3.05, 3.63) is 29.6 Å². The van der Waals surface area contributed by atoms with Crippen molar-refractivity contribution >= 4 is 6.29 Å². The number of carbonyl (C=O) groups excluding carboxylic acids is 1. The normalized spacial score (nSPS) is 12.6. The highest BCUT2D eigenvalue weighted by molar-refractivity contribution is 5.62. The van der Waals surface area contributed by atoms with Crippen LogP contribution in [0.25, 0.3) is 0 Å². The van der Waals surface area contributed by atoms with Gasteiger partial charge in [0, 0.05) is 17.0 Å². The van der Waals surface area contributed by atoms with Crippen LogP contribution in [0.3, 0.4) is 0 Å². The predicted octanol–water partition coefficient (Wildman–Crippen LogP) is 2.45. The average molecular weight is 235 g/mol. The van der Waals surface area contributed by atoms with Crippen molar-refractivity contribution in [1.82, 2.24) is 0 Å². The van der Waals surface area contributed by atoms with Crippen molar-refractivity contribution < 1.29 is 13.9 Å². The van der Waals surface area contributed by atoms with Gasteiger partial charge in [-0.05, 0) is 6.07 Å². The molecule has 0 radical (unpaired) electrons. The zero-order chi connectivity index (χ0) is 13.1. The van der Waals surface area contributed by atoms with Crippen molar-refractivity contribution in [3.8, 4) is 11.8 Å². The van der Waals surface area contributed by atoms with Gasteiger partial charge in [0.15, 0.2) is 0 Å². The number of hydrogen-bond donors (Lipinski definition) is 0. The molecule has 0 aliphatic heterocycles. The number of carbonyl (C=O) groups is 1. The Kier molecular flexibility index (Phi) is 3.84. The molecule has 1 rings (SSSR count). The SMILES string of the molecule is COc1cc(F)ccc1C(C)(C)C(C#N)C=O. The molecule has 0 N–H and O–H groups in total. The number of rotatable bonds is 4. The van der Waals surface area contributed by atoms with Crippen LogP contribution in [0.1, 0.15) is 19.4 Å². The van der Waals surface area contributed by atoms with Crippen molar-refractivity contribution in [2.24, 2.45) is 5.92 Å². The molecule has 17 heavy (non-hydrogen) atoms. The Balaban J connectivity index is 3.32. The number of halogens is 1. The molecular formula is C13H14FNO2. The molecule has 90 valence electrons. The molecule has 0 aliphatic carbocycles. The number of aldehydes is 1. The summed E-state index contributed by atoms with van der Waals surface area (Å²) >= 11 is 0. The van der Waals surface area contributed by atoms with Gasteiger partial charge in [0.2, 0.25) is 0 Å². The molecule has 0 saturated carbocycles. The van der Waals surface area contributed by atoms with Gasteiger partial charge in [-0.3, -0.25) is 0 Å². The Morgan fingerprint density at radius 1 is 1.53 bits per heavy atom. The van der Waals surface area contributed by atoms with Crippen LogP contribution in [-0.2, 0) is 10.2 Å². The van der Waals surface area contributed by atoms with Gasteiger partial charge in [-0.2, -0.15) is 5.26 Å². The third kappa shape index (κ3) is 2.44. The number of nitriles is 1. The van der Waals surface area contributed by atoms with Gasteiger partial charge in [0.25, 0.3) is 0 Å².